The third-order valence-electron chi connectivity index (χ3n) is 7.11. The fourth-order valence-corrected chi connectivity index (χ4v) is 5.85. The van der Waals surface area contributed by atoms with Gasteiger partial charge in [-0.1, -0.05) is 30.3 Å². The van der Waals surface area contributed by atoms with Crippen molar-refractivity contribution >= 4 is 27.5 Å². The first-order chi connectivity index (χ1) is 12.9. The first-order valence-electron chi connectivity index (χ1n) is 9.88. The van der Waals surface area contributed by atoms with Crippen molar-refractivity contribution in [1.29, 1.82) is 0 Å². The normalized spacial score (nSPS) is 32.8. The van der Waals surface area contributed by atoms with Crippen molar-refractivity contribution in [3.63, 3.8) is 0 Å². The van der Waals surface area contributed by atoms with Crippen molar-refractivity contribution in [3.05, 3.63) is 42.7 Å². The average Bonchev–Trinajstić information content (AvgIpc) is 2.95. The number of benzene rings is 2. The summed E-state index contributed by atoms with van der Waals surface area (Å²) in [6, 6.07) is 13.2. The molecule has 2 saturated carbocycles. The molecule has 3 fully saturated rings. The van der Waals surface area contributed by atoms with Gasteiger partial charge in [0.15, 0.2) is 0 Å². The van der Waals surface area contributed by atoms with Crippen LogP contribution in [0.2, 0.25) is 0 Å². The molecule has 4 atom stereocenters. The van der Waals surface area contributed by atoms with Crippen LogP contribution in [-0.2, 0) is 4.74 Å². The van der Waals surface area contributed by atoms with Crippen LogP contribution in [-0.4, -0.2) is 28.2 Å². The van der Waals surface area contributed by atoms with E-state index in [0.717, 1.165) is 29.2 Å². The highest BCUT2D eigenvalue weighted by atomic mass is 16.5. The zero-order valence-electron chi connectivity index (χ0n) is 14.8. The highest BCUT2D eigenvalue weighted by Gasteiger charge is 2.62. The molecule has 1 spiro atoms. The molecule has 2 heterocycles. The number of rotatable bonds is 2. The van der Waals surface area contributed by atoms with Crippen LogP contribution < -0.4 is 5.32 Å². The van der Waals surface area contributed by atoms with Gasteiger partial charge in [0.25, 0.3) is 0 Å². The fourth-order valence-electron chi connectivity index (χ4n) is 5.85. The zero-order valence-corrected chi connectivity index (χ0v) is 14.8. The second-order valence-corrected chi connectivity index (χ2v) is 8.18. The first kappa shape index (κ1) is 14.9. The number of aromatic nitrogens is 2. The van der Waals surface area contributed by atoms with Crippen molar-refractivity contribution in [2.24, 2.45) is 11.8 Å². The molecule has 6 rings (SSSR count). The van der Waals surface area contributed by atoms with Crippen molar-refractivity contribution < 1.29 is 4.74 Å². The van der Waals surface area contributed by atoms with Crippen LogP contribution in [0.25, 0.3) is 21.7 Å². The number of ether oxygens (including phenoxy) is 1. The van der Waals surface area contributed by atoms with E-state index in [0.29, 0.717) is 12.0 Å². The van der Waals surface area contributed by atoms with Crippen molar-refractivity contribution in [2.75, 3.05) is 11.9 Å². The summed E-state index contributed by atoms with van der Waals surface area (Å²) in [5.74, 6) is 2.40. The Morgan fingerprint density at radius 2 is 2.00 bits per heavy atom. The summed E-state index contributed by atoms with van der Waals surface area (Å²) in [7, 11) is 0. The Labute approximate surface area is 153 Å². The van der Waals surface area contributed by atoms with Gasteiger partial charge in [-0.3, -0.25) is 0 Å². The van der Waals surface area contributed by atoms with E-state index in [9.17, 15) is 0 Å². The number of nitrogens with one attached hydrogen (secondary N) is 1. The molecule has 132 valence electrons. The monoisotopic (exact) mass is 345 g/mol. The highest BCUT2D eigenvalue weighted by molar-refractivity contribution is 6.08. The van der Waals surface area contributed by atoms with E-state index in [1.165, 1.54) is 42.9 Å². The van der Waals surface area contributed by atoms with Gasteiger partial charge in [0, 0.05) is 29.3 Å². The largest absolute Gasteiger partial charge is 0.374 e. The summed E-state index contributed by atoms with van der Waals surface area (Å²) in [4.78, 5) is 9.20. The topological polar surface area (TPSA) is 47.0 Å². The average molecular weight is 345 g/mol. The van der Waals surface area contributed by atoms with Crippen molar-refractivity contribution in [1.82, 2.24) is 9.97 Å². The number of fused-ring (bicyclic) bond motifs is 3. The maximum absolute atomic E-state index is 6.28. The summed E-state index contributed by atoms with van der Waals surface area (Å²) < 4.78 is 6.28. The van der Waals surface area contributed by atoms with Gasteiger partial charge in [-0.15, -0.1) is 0 Å². The van der Waals surface area contributed by atoms with Crippen molar-refractivity contribution in [2.45, 2.75) is 43.7 Å². The summed E-state index contributed by atoms with van der Waals surface area (Å²) in [6.45, 7) is 0.955. The molecule has 3 aliphatic rings. The predicted molar refractivity (Wildman–Crippen MR) is 103 cm³/mol. The Morgan fingerprint density at radius 1 is 1.04 bits per heavy atom. The van der Waals surface area contributed by atoms with Crippen LogP contribution >= 0.6 is 0 Å². The number of hydrogen-bond donors (Lipinski definition) is 1. The molecule has 4 nitrogen and oxygen atoms in total. The van der Waals surface area contributed by atoms with Gasteiger partial charge in [0.2, 0.25) is 0 Å². The first-order valence-corrected chi connectivity index (χ1v) is 9.88. The van der Waals surface area contributed by atoms with Crippen LogP contribution in [0.15, 0.2) is 42.7 Å². The molecular formula is C22H23N3O. The van der Waals surface area contributed by atoms with Crippen LogP contribution in [0.5, 0.6) is 0 Å². The fraction of sp³-hybridized carbons (Fsp3) is 0.455. The van der Waals surface area contributed by atoms with Gasteiger partial charge in [-0.05, 0) is 49.5 Å². The lowest BCUT2D eigenvalue weighted by atomic mass is 9.53. The molecule has 0 amide bonds. The molecule has 1 N–H and O–H groups in total. The molecule has 4 unspecified atom stereocenters. The van der Waals surface area contributed by atoms with Gasteiger partial charge in [0.1, 0.15) is 12.1 Å². The molecule has 1 aliphatic heterocycles. The Bertz CT molecular complexity index is 1000. The Balaban J connectivity index is 1.39. The predicted octanol–water partition coefficient (Wildman–Crippen LogP) is 4.54. The molecule has 4 heteroatoms. The molecule has 2 aliphatic carbocycles. The number of nitrogens with zero attached hydrogens (tertiary/aromatic N) is 2. The number of hydrogen-bond acceptors (Lipinski definition) is 4. The van der Waals surface area contributed by atoms with Crippen LogP contribution in [0, 0.1) is 11.8 Å². The summed E-state index contributed by atoms with van der Waals surface area (Å²) >= 11 is 0. The van der Waals surface area contributed by atoms with E-state index in [4.69, 9.17) is 4.74 Å². The molecule has 1 aromatic heterocycles. The summed E-state index contributed by atoms with van der Waals surface area (Å²) in [5.41, 5.74) is 1.21. The second-order valence-electron chi connectivity index (χ2n) is 8.18. The minimum atomic E-state index is 0.172. The van der Waals surface area contributed by atoms with E-state index in [-0.39, 0.29) is 5.60 Å². The van der Waals surface area contributed by atoms with E-state index >= 15 is 0 Å². The Kier molecular flexibility index (Phi) is 3.10. The Hall–Kier alpha value is -2.20. The maximum atomic E-state index is 6.28. The minimum Gasteiger partial charge on any atom is -0.374 e. The molecule has 0 radical (unpaired) electrons. The lowest BCUT2D eigenvalue weighted by Gasteiger charge is -2.57. The lowest BCUT2D eigenvalue weighted by Crippen LogP contribution is -2.61. The molecule has 2 aromatic carbocycles. The van der Waals surface area contributed by atoms with Gasteiger partial charge < -0.3 is 10.1 Å². The molecule has 1 saturated heterocycles. The maximum Gasteiger partial charge on any atom is 0.137 e. The smallest absolute Gasteiger partial charge is 0.137 e. The molecular weight excluding hydrogens is 322 g/mol. The third kappa shape index (κ3) is 1.94. The molecule has 0 bridgehead atoms. The van der Waals surface area contributed by atoms with E-state index < -0.39 is 0 Å². The van der Waals surface area contributed by atoms with E-state index in [2.05, 4.69) is 51.7 Å². The summed E-state index contributed by atoms with van der Waals surface area (Å²) in [5, 5.41) is 7.33. The van der Waals surface area contributed by atoms with Crippen molar-refractivity contribution in [3.8, 4) is 0 Å². The molecule has 26 heavy (non-hydrogen) atoms. The highest BCUT2D eigenvalue weighted by Crippen LogP contribution is 2.59. The van der Waals surface area contributed by atoms with Gasteiger partial charge >= 0.3 is 0 Å². The van der Waals surface area contributed by atoms with E-state index in [1.54, 1.807) is 6.33 Å². The minimum absolute atomic E-state index is 0.172. The van der Waals surface area contributed by atoms with Crippen LogP contribution in [0.1, 0.15) is 32.1 Å². The third-order valence-corrected chi connectivity index (χ3v) is 7.11. The zero-order chi connectivity index (χ0) is 17.1. The van der Waals surface area contributed by atoms with Gasteiger partial charge in [0.05, 0.1) is 11.1 Å². The van der Waals surface area contributed by atoms with E-state index in [1.807, 2.05) is 0 Å². The quantitative estimate of drug-likeness (QED) is 0.693. The standard InChI is InChI=1S/C22H23N3O/c1-2-5-16-14(4-1)7-8-17-20(16)23-13-24-21(17)25-19-6-3-10-22-15(9-11-26-22)12-18(19)22/h1-2,4-5,7-8,13,15,18-19H,3,6,9-12H2,(H,23,24,25). The van der Waals surface area contributed by atoms with Crippen LogP contribution in [0.3, 0.4) is 0 Å². The second kappa shape index (κ2) is 5.40. The Morgan fingerprint density at radius 3 is 2.96 bits per heavy atom. The summed E-state index contributed by atoms with van der Waals surface area (Å²) in [6.07, 6.45) is 7.97. The van der Waals surface area contributed by atoms with Gasteiger partial charge in [-0.25, -0.2) is 9.97 Å². The molecule has 3 aromatic rings. The lowest BCUT2D eigenvalue weighted by molar-refractivity contribution is -0.160. The number of anilines is 1. The van der Waals surface area contributed by atoms with Crippen LogP contribution in [0.4, 0.5) is 5.82 Å². The van der Waals surface area contributed by atoms with Gasteiger partial charge in [-0.2, -0.15) is 0 Å². The SMILES string of the molecule is c1ccc2c(c1)ccc1c(NC3CCCC45OCCC4CC35)ncnc12.